The van der Waals surface area contributed by atoms with Crippen LogP contribution < -0.4 is 0 Å². The first-order valence-electron chi connectivity index (χ1n) is 11.6. The number of hydrogen-bond donors (Lipinski definition) is 1. The molecule has 1 N–H and O–H groups in total. The van der Waals surface area contributed by atoms with Crippen LogP contribution in [0.15, 0.2) is 72.8 Å². The third-order valence-corrected chi connectivity index (χ3v) is 7.06. The highest BCUT2D eigenvalue weighted by Crippen LogP contribution is 2.43. The number of nitro benzene ring substituents is 1. The van der Waals surface area contributed by atoms with E-state index in [0.717, 1.165) is 22.2 Å². The van der Waals surface area contributed by atoms with Crippen molar-refractivity contribution < 1.29 is 18.9 Å². The summed E-state index contributed by atoms with van der Waals surface area (Å²) in [5, 5.41) is 12.4. The van der Waals surface area contributed by atoms with Gasteiger partial charge in [-0.2, -0.15) is 0 Å². The van der Waals surface area contributed by atoms with Crippen molar-refractivity contribution in [1.82, 2.24) is 14.8 Å². The molecule has 2 amide bonds. The number of nitrogens with one attached hydrogen (secondary N) is 1. The van der Waals surface area contributed by atoms with E-state index in [4.69, 9.17) is 0 Å². The second kappa shape index (κ2) is 8.30. The average Bonchev–Trinajstić information content (AvgIpc) is 3.25. The Labute approximate surface area is 205 Å². The molecular formula is C27H21FN4O4. The third kappa shape index (κ3) is 3.43. The number of rotatable bonds is 4. The minimum absolute atomic E-state index is 0.0101. The third-order valence-electron chi connectivity index (χ3n) is 7.06. The van der Waals surface area contributed by atoms with Gasteiger partial charge in [-0.1, -0.05) is 48.5 Å². The van der Waals surface area contributed by atoms with Crippen LogP contribution in [-0.2, 0) is 22.6 Å². The van der Waals surface area contributed by atoms with Crippen molar-refractivity contribution >= 4 is 28.4 Å². The van der Waals surface area contributed by atoms with E-state index < -0.39 is 22.8 Å². The van der Waals surface area contributed by atoms with Gasteiger partial charge >= 0.3 is 0 Å². The van der Waals surface area contributed by atoms with Crippen LogP contribution in [0.4, 0.5) is 10.1 Å². The number of nitrogens with zero attached hydrogens (tertiary/aromatic N) is 3. The fourth-order valence-electron chi connectivity index (χ4n) is 5.44. The van der Waals surface area contributed by atoms with Gasteiger partial charge in [-0.3, -0.25) is 19.7 Å². The number of carbonyl (C=O) groups excluding carboxylic acids is 2. The molecule has 36 heavy (non-hydrogen) atoms. The lowest BCUT2D eigenvalue weighted by Crippen LogP contribution is -2.62. The maximum absolute atomic E-state index is 14.3. The Morgan fingerprint density at radius 1 is 1.03 bits per heavy atom. The van der Waals surface area contributed by atoms with E-state index in [9.17, 15) is 24.1 Å². The second-order valence-electron chi connectivity index (χ2n) is 9.12. The number of aromatic amines is 1. The van der Waals surface area contributed by atoms with Gasteiger partial charge in [0.05, 0.1) is 11.0 Å². The topological polar surface area (TPSA) is 99.5 Å². The summed E-state index contributed by atoms with van der Waals surface area (Å²) in [4.78, 5) is 44.7. The zero-order chi connectivity index (χ0) is 25.0. The molecule has 6 rings (SSSR count). The molecule has 8 nitrogen and oxygen atoms in total. The zero-order valence-electron chi connectivity index (χ0n) is 19.1. The van der Waals surface area contributed by atoms with E-state index in [1.165, 1.54) is 28.0 Å². The van der Waals surface area contributed by atoms with E-state index in [-0.39, 0.29) is 30.6 Å². The first-order chi connectivity index (χ1) is 17.4. The molecule has 1 saturated heterocycles. The quantitative estimate of drug-likeness (QED) is 0.348. The van der Waals surface area contributed by atoms with Crippen LogP contribution in [0.5, 0.6) is 0 Å². The van der Waals surface area contributed by atoms with E-state index in [2.05, 4.69) is 4.98 Å². The van der Waals surface area contributed by atoms with Crippen molar-refractivity contribution in [2.75, 3.05) is 6.54 Å². The number of nitro groups is 1. The highest BCUT2D eigenvalue weighted by atomic mass is 19.1. The molecule has 2 atom stereocenters. The van der Waals surface area contributed by atoms with Gasteiger partial charge in [0.25, 0.3) is 5.69 Å². The molecule has 4 aromatic rings. The number of hydrogen-bond acceptors (Lipinski definition) is 4. The van der Waals surface area contributed by atoms with Crippen LogP contribution in [0.2, 0.25) is 0 Å². The minimum Gasteiger partial charge on any atom is -0.356 e. The number of benzene rings is 3. The van der Waals surface area contributed by atoms with Crippen molar-refractivity contribution in [3.63, 3.8) is 0 Å². The molecule has 0 aliphatic carbocycles. The molecule has 180 valence electrons. The van der Waals surface area contributed by atoms with Gasteiger partial charge in [0.1, 0.15) is 18.4 Å². The maximum atomic E-state index is 14.3. The van der Waals surface area contributed by atoms with Crippen molar-refractivity contribution in [2.24, 2.45) is 0 Å². The molecular weight excluding hydrogens is 463 g/mol. The molecule has 3 heterocycles. The second-order valence-corrected chi connectivity index (χ2v) is 9.12. The van der Waals surface area contributed by atoms with E-state index >= 15 is 0 Å². The van der Waals surface area contributed by atoms with Gasteiger partial charge in [0, 0.05) is 47.3 Å². The molecule has 0 unspecified atom stereocenters. The van der Waals surface area contributed by atoms with E-state index in [1.54, 1.807) is 30.3 Å². The van der Waals surface area contributed by atoms with E-state index in [1.807, 2.05) is 24.3 Å². The first kappa shape index (κ1) is 22.0. The predicted octanol–water partition coefficient (Wildman–Crippen LogP) is 4.10. The van der Waals surface area contributed by atoms with Crippen LogP contribution in [0.3, 0.4) is 0 Å². The molecule has 1 aromatic heterocycles. The normalized spacial score (nSPS) is 19.4. The van der Waals surface area contributed by atoms with Crippen molar-refractivity contribution in [3.05, 3.63) is 111 Å². The van der Waals surface area contributed by atoms with Crippen molar-refractivity contribution in [1.29, 1.82) is 0 Å². The summed E-state index contributed by atoms with van der Waals surface area (Å²) >= 11 is 0. The number of para-hydroxylation sites is 1. The number of aromatic nitrogens is 1. The van der Waals surface area contributed by atoms with Gasteiger partial charge in [0.15, 0.2) is 0 Å². The lowest BCUT2D eigenvalue weighted by atomic mass is 9.86. The summed E-state index contributed by atoms with van der Waals surface area (Å²) in [6.07, 6.45) is 0.295. The summed E-state index contributed by atoms with van der Waals surface area (Å²) in [6, 6.07) is 18.5. The molecule has 1 fully saturated rings. The molecule has 2 aliphatic heterocycles. The van der Waals surface area contributed by atoms with Gasteiger partial charge in [-0.25, -0.2) is 4.39 Å². The Hall–Kier alpha value is -4.53. The Balaban J connectivity index is 1.47. The van der Waals surface area contributed by atoms with Crippen LogP contribution in [-0.4, -0.2) is 44.1 Å². The molecule has 0 spiro atoms. The minimum atomic E-state index is -0.811. The number of carbonyl (C=O) groups is 2. The molecule has 9 heteroatoms. The number of piperazine rings is 1. The number of fused-ring (bicyclic) bond motifs is 4. The average molecular weight is 484 g/mol. The van der Waals surface area contributed by atoms with E-state index in [0.29, 0.717) is 17.5 Å². The van der Waals surface area contributed by atoms with Crippen LogP contribution in [0, 0.1) is 15.9 Å². The Bertz CT molecular complexity index is 1550. The van der Waals surface area contributed by atoms with Crippen molar-refractivity contribution in [3.8, 4) is 0 Å². The zero-order valence-corrected chi connectivity index (χ0v) is 19.1. The maximum Gasteiger partial charge on any atom is 0.269 e. The van der Waals surface area contributed by atoms with Gasteiger partial charge in [0.2, 0.25) is 11.8 Å². The summed E-state index contributed by atoms with van der Waals surface area (Å²) in [5.74, 6) is -1.00. The standard InChI is InChI=1S/C27H21FN4O4/c28-21-10-3-1-6-17(21)14-30-15-24(33)31-23(27(30)34)13-20-19-9-2-4-11-22(19)29-25(20)26(31)16-7-5-8-18(12-16)32(35)36/h1-12,23,26,29H,13-15H2/t23-,26-/m0/s1. The van der Waals surface area contributed by atoms with Crippen LogP contribution in [0.1, 0.15) is 28.4 Å². The van der Waals surface area contributed by atoms with Gasteiger partial charge in [-0.15, -0.1) is 0 Å². The predicted molar refractivity (Wildman–Crippen MR) is 129 cm³/mol. The lowest BCUT2D eigenvalue weighted by Gasteiger charge is -2.47. The Morgan fingerprint density at radius 3 is 2.61 bits per heavy atom. The fraction of sp³-hybridized carbons (Fsp3) is 0.185. The van der Waals surface area contributed by atoms with Gasteiger partial charge < -0.3 is 14.8 Å². The molecule has 0 radical (unpaired) electrons. The highest BCUT2D eigenvalue weighted by Gasteiger charge is 2.48. The van der Waals surface area contributed by atoms with Crippen molar-refractivity contribution in [2.45, 2.75) is 25.0 Å². The molecule has 3 aromatic carbocycles. The van der Waals surface area contributed by atoms with Gasteiger partial charge in [-0.05, 0) is 23.3 Å². The number of H-pyrrole nitrogens is 1. The summed E-state index contributed by atoms with van der Waals surface area (Å²) in [5.41, 5.74) is 3.30. The summed E-state index contributed by atoms with van der Waals surface area (Å²) in [7, 11) is 0. The largest absolute Gasteiger partial charge is 0.356 e. The molecule has 0 bridgehead atoms. The lowest BCUT2D eigenvalue weighted by molar-refractivity contribution is -0.384. The highest BCUT2D eigenvalue weighted by molar-refractivity contribution is 5.97. The van der Waals surface area contributed by atoms with Crippen LogP contribution in [0.25, 0.3) is 10.9 Å². The fourth-order valence-corrected chi connectivity index (χ4v) is 5.44. The Kier molecular flexibility index (Phi) is 5.06. The number of amides is 2. The van der Waals surface area contributed by atoms with Crippen LogP contribution >= 0.6 is 0 Å². The first-order valence-corrected chi connectivity index (χ1v) is 11.6. The number of non-ortho nitro benzene ring substituents is 1. The summed E-state index contributed by atoms with van der Waals surface area (Å²) in [6.45, 7) is -0.214. The molecule has 2 aliphatic rings. The smallest absolute Gasteiger partial charge is 0.269 e. The Morgan fingerprint density at radius 2 is 1.81 bits per heavy atom. The summed E-state index contributed by atoms with van der Waals surface area (Å²) < 4.78 is 14.3. The SMILES string of the molecule is O=C1[C@@H]2Cc3c([nH]c4ccccc34)[C@H](c3cccc([N+](=O)[O-])c3)N2C(=O)CN1Cc1ccccc1F. The number of halogens is 1. The monoisotopic (exact) mass is 484 g/mol. The molecule has 0 saturated carbocycles.